The van der Waals surface area contributed by atoms with E-state index in [4.69, 9.17) is 9.47 Å². The number of ether oxygens (including phenoxy) is 2. The molecule has 1 aliphatic heterocycles. The van der Waals surface area contributed by atoms with Crippen molar-refractivity contribution in [1.29, 1.82) is 0 Å². The fourth-order valence-electron chi connectivity index (χ4n) is 1.90. The van der Waals surface area contributed by atoms with E-state index in [1.54, 1.807) is 4.90 Å². The Morgan fingerprint density at radius 3 is 2.47 bits per heavy atom. The number of nitrogens with zero attached hydrogens (tertiary/aromatic N) is 1. The Bertz CT molecular complexity index is 362. The molecule has 5 nitrogen and oxygen atoms in total. The molecule has 0 saturated carbocycles. The van der Waals surface area contributed by atoms with Crippen LogP contribution in [0.15, 0.2) is 0 Å². The normalized spacial score (nSPS) is 22.4. The van der Waals surface area contributed by atoms with Crippen molar-refractivity contribution >= 4 is 23.0 Å². The average molecular weight is 289 g/mol. The van der Waals surface area contributed by atoms with Crippen LogP contribution in [0.25, 0.3) is 0 Å². The average Bonchev–Trinajstić information content (AvgIpc) is 2.47. The zero-order chi connectivity index (χ0) is 14.8. The van der Waals surface area contributed by atoms with Gasteiger partial charge in [0.15, 0.2) is 5.12 Å². The van der Waals surface area contributed by atoms with Crippen molar-refractivity contribution in [1.82, 2.24) is 4.90 Å². The van der Waals surface area contributed by atoms with Gasteiger partial charge >= 0.3 is 6.09 Å². The molecule has 0 aliphatic carbocycles. The summed E-state index contributed by atoms with van der Waals surface area (Å²) in [5, 5.41) is 0.0360. The Kier molecular flexibility index (Phi) is 4.90. The molecule has 1 saturated heterocycles. The van der Waals surface area contributed by atoms with Crippen molar-refractivity contribution < 1.29 is 19.1 Å². The first-order chi connectivity index (χ1) is 8.53. The fraction of sp³-hybridized carbons (Fsp3) is 0.846. The van der Waals surface area contributed by atoms with Crippen LogP contribution in [-0.2, 0) is 14.3 Å². The minimum Gasteiger partial charge on any atom is -0.444 e. The van der Waals surface area contributed by atoms with E-state index in [9.17, 15) is 9.59 Å². The maximum absolute atomic E-state index is 12.3. The minimum atomic E-state index is -0.704. The standard InChI is InChI=1S/C13H23NO4S/c1-9(15)19-8-10-7-17-13(5,6)14(10)11(16)18-12(2,3)4/h10H,7-8H2,1-6H3. The molecule has 6 heteroatoms. The zero-order valence-electron chi connectivity index (χ0n) is 12.5. The van der Waals surface area contributed by atoms with Crippen LogP contribution in [0, 0.1) is 0 Å². The smallest absolute Gasteiger partial charge is 0.412 e. The molecule has 0 aromatic carbocycles. The van der Waals surface area contributed by atoms with E-state index in [1.807, 2.05) is 34.6 Å². The maximum Gasteiger partial charge on any atom is 0.412 e. The molecular formula is C13H23NO4S. The van der Waals surface area contributed by atoms with E-state index < -0.39 is 17.4 Å². The first-order valence-electron chi connectivity index (χ1n) is 6.32. The van der Waals surface area contributed by atoms with E-state index in [2.05, 4.69) is 0 Å². The minimum absolute atomic E-state index is 0.0360. The Morgan fingerprint density at radius 2 is 2.00 bits per heavy atom. The van der Waals surface area contributed by atoms with Gasteiger partial charge in [0, 0.05) is 12.7 Å². The van der Waals surface area contributed by atoms with Crippen LogP contribution in [0.4, 0.5) is 4.79 Å². The first kappa shape index (κ1) is 16.3. The van der Waals surface area contributed by atoms with Gasteiger partial charge in [-0.2, -0.15) is 0 Å². The molecule has 0 aromatic rings. The third-order valence-electron chi connectivity index (χ3n) is 2.64. The summed E-state index contributed by atoms with van der Waals surface area (Å²) in [6, 6.07) is -0.140. The molecule has 0 spiro atoms. The van der Waals surface area contributed by atoms with Gasteiger partial charge in [-0.05, 0) is 34.6 Å². The molecule has 1 fully saturated rings. The van der Waals surface area contributed by atoms with Crippen LogP contribution in [0.1, 0.15) is 41.5 Å². The first-order valence-corrected chi connectivity index (χ1v) is 7.31. The molecule has 0 bridgehead atoms. The van der Waals surface area contributed by atoms with Crippen molar-refractivity contribution in [2.75, 3.05) is 12.4 Å². The number of thioether (sulfide) groups is 1. The molecule has 1 atom stereocenters. The number of carbonyl (C=O) groups is 2. The zero-order valence-corrected chi connectivity index (χ0v) is 13.3. The highest BCUT2D eigenvalue weighted by molar-refractivity contribution is 8.13. The Balaban J connectivity index is 2.78. The second kappa shape index (κ2) is 5.71. The quantitative estimate of drug-likeness (QED) is 0.782. The predicted octanol–water partition coefficient (Wildman–Crippen LogP) is 2.64. The van der Waals surface area contributed by atoms with Gasteiger partial charge in [0.05, 0.1) is 12.6 Å². The van der Waals surface area contributed by atoms with Crippen molar-refractivity contribution in [3.05, 3.63) is 0 Å². The molecule has 1 unspecified atom stereocenters. The molecule has 19 heavy (non-hydrogen) atoms. The van der Waals surface area contributed by atoms with Gasteiger partial charge in [-0.1, -0.05) is 11.8 Å². The third-order valence-corrected chi connectivity index (χ3v) is 3.60. The molecule has 110 valence electrons. The van der Waals surface area contributed by atoms with Crippen LogP contribution in [0.3, 0.4) is 0 Å². The lowest BCUT2D eigenvalue weighted by atomic mass is 10.2. The monoisotopic (exact) mass is 289 g/mol. The molecule has 0 radical (unpaired) electrons. The Hall–Kier alpha value is -0.750. The summed E-state index contributed by atoms with van der Waals surface area (Å²) in [7, 11) is 0. The second-order valence-corrected chi connectivity index (χ2v) is 7.26. The highest BCUT2D eigenvalue weighted by Gasteiger charge is 2.45. The Labute approximate surface area is 119 Å². The van der Waals surface area contributed by atoms with Gasteiger partial charge in [0.2, 0.25) is 0 Å². The van der Waals surface area contributed by atoms with Crippen LogP contribution >= 0.6 is 11.8 Å². The third kappa shape index (κ3) is 4.69. The largest absolute Gasteiger partial charge is 0.444 e. The number of hydrogen-bond acceptors (Lipinski definition) is 5. The van der Waals surface area contributed by atoms with Gasteiger partial charge in [-0.3, -0.25) is 9.69 Å². The lowest BCUT2D eigenvalue weighted by Gasteiger charge is -2.34. The summed E-state index contributed by atoms with van der Waals surface area (Å²) in [5.74, 6) is 0.526. The highest BCUT2D eigenvalue weighted by atomic mass is 32.2. The second-order valence-electron chi connectivity index (χ2n) is 6.06. The van der Waals surface area contributed by atoms with E-state index in [0.29, 0.717) is 12.4 Å². The van der Waals surface area contributed by atoms with Crippen LogP contribution in [0.2, 0.25) is 0 Å². The number of carbonyl (C=O) groups excluding carboxylic acids is 2. The summed E-state index contributed by atoms with van der Waals surface area (Å²) in [6.07, 6.45) is -0.399. The fourth-order valence-corrected chi connectivity index (χ4v) is 2.57. The molecule has 0 N–H and O–H groups in total. The van der Waals surface area contributed by atoms with Gasteiger partial charge < -0.3 is 9.47 Å². The van der Waals surface area contributed by atoms with Crippen molar-refractivity contribution in [2.24, 2.45) is 0 Å². The molecule has 1 aliphatic rings. The van der Waals surface area contributed by atoms with Crippen molar-refractivity contribution in [3.8, 4) is 0 Å². The van der Waals surface area contributed by atoms with E-state index in [0.717, 1.165) is 0 Å². The summed E-state index contributed by atoms with van der Waals surface area (Å²) < 4.78 is 11.0. The lowest BCUT2D eigenvalue weighted by Crippen LogP contribution is -2.50. The lowest BCUT2D eigenvalue weighted by molar-refractivity contribution is -0.109. The van der Waals surface area contributed by atoms with E-state index in [1.165, 1.54) is 18.7 Å². The summed E-state index contributed by atoms with van der Waals surface area (Å²) in [5.41, 5.74) is -1.25. The molecule has 1 heterocycles. The van der Waals surface area contributed by atoms with Gasteiger partial charge in [0.25, 0.3) is 0 Å². The van der Waals surface area contributed by atoms with Gasteiger partial charge in [-0.25, -0.2) is 4.79 Å². The van der Waals surface area contributed by atoms with Crippen molar-refractivity contribution in [3.63, 3.8) is 0 Å². The van der Waals surface area contributed by atoms with Gasteiger partial charge in [-0.15, -0.1) is 0 Å². The molecule has 1 rings (SSSR count). The highest BCUT2D eigenvalue weighted by Crippen LogP contribution is 2.30. The molecule has 1 amide bonds. The maximum atomic E-state index is 12.3. The molecule has 0 aromatic heterocycles. The SMILES string of the molecule is CC(=O)SCC1COC(C)(C)N1C(=O)OC(C)(C)C. The van der Waals surface area contributed by atoms with Gasteiger partial charge in [0.1, 0.15) is 11.3 Å². The van der Waals surface area contributed by atoms with Crippen LogP contribution in [-0.4, -0.2) is 45.8 Å². The van der Waals surface area contributed by atoms with Crippen LogP contribution < -0.4 is 0 Å². The van der Waals surface area contributed by atoms with E-state index >= 15 is 0 Å². The number of rotatable bonds is 2. The van der Waals surface area contributed by atoms with E-state index in [-0.39, 0.29) is 11.2 Å². The topological polar surface area (TPSA) is 55.8 Å². The number of hydrogen-bond donors (Lipinski definition) is 0. The summed E-state index contributed by atoms with van der Waals surface area (Å²) in [4.78, 5) is 24.9. The number of amides is 1. The summed E-state index contributed by atoms with van der Waals surface area (Å²) in [6.45, 7) is 11.1. The summed E-state index contributed by atoms with van der Waals surface area (Å²) >= 11 is 1.20. The predicted molar refractivity (Wildman–Crippen MR) is 75.0 cm³/mol. The molecular weight excluding hydrogens is 266 g/mol. The van der Waals surface area contributed by atoms with Crippen LogP contribution in [0.5, 0.6) is 0 Å². The Morgan fingerprint density at radius 1 is 1.42 bits per heavy atom. The van der Waals surface area contributed by atoms with Crippen molar-refractivity contribution in [2.45, 2.75) is 58.9 Å².